The average molecular weight is 393 g/mol. The van der Waals surface area contributed by atoms with E-state index >= 15 is 0 Å². The lowest BCUT2D eigenvalue weighted by Gasteiger charge is -2.34. The Morgan fingerprint density at radius 3 is 2.54 bits per heavy atom. The second-order valence-electron chi connectivity index (χ2n) is 6.91. The van der Waals surface area contributed by atoms with Crippen LogP contribution in [0.15, 0.2) is 35.5 Å². The van der Waals surface area contributed by atoms with Gasteiger partial charge in [0.15, 0.2) is 5.78 Å². The molecular formula is C17H14F3N5O3. The highest BCUT2D eigenvalue weighted by atomic mass is 19.4. The fourth-order valence-electron chi connectivity index (χ4n) is 3.61. The first-order valence-corrected chi connectivity index (χ1v) is 8.46. The van der Waals surface area contributed by atoms with Crippen molar-refractivity contribution in [2.24, 2.45) is 5.92 Å². The molecule has 0 amide bonds. The summed E-state index contributed by atoms with van der Waals surface area (Å²) in [6, 6.07) is 4.39. The Labute approximate surface area is 156 Å². The molecule has 2 aromatic rings. The molecule has 1 aromatic heterocycles. The van der Waals surface area contributed by atoms with E-state index in [1.54, 1.807) is 0 Å². The summed E-state index contributed by atoms with van der Waals surface area (Å²) < 4.78 is 40.4. The molecule has 8 nitrogen and oxygen atoms in total. The van der Waals surface area contributed by atoms with Crippen molar-refractivity contribution >= 4 is 17.4 Å². The van der Waals surface area contributed by atoms with E-state index in [1.165, 1.54) is 24.3 Å². The molecular weight excluding hydrogens is 379 g/mol. The van der Waals surface area contributed by atoms with E-state index in [0.717, 1.165) is 4.68 Å². The number of allylic oxidation sites excluding steroid dienone is 2. The SMILES string of the molecule is C[C@H]1CC(=O)C2=C(C1)Nc1nc(C(F)(F)F)nn1[C@H]2c1ccc([N+](=O)[O-])cc1. The first kappa shape index (κ1) is 18.1. The minimum atomic E-state index is -4.75. The minimum Gasteiger partial charge on any atom is -0.328 e. The number of Topliss-reactive ketones (excluding diaryl/α,β-unsaturated/α-hetero) is 1. The second kappa shape index (κ2) is 6.14. The molecule has 1 aliphatic carbocycles. The van der Waals surface area contributed by atoms with Gasteiger partial charge in [0.1, 0.15) is 6.04 Å². The molecule has 146 valence electrons. The van der Waals surface area contributed by atoms with E-state index in [4.69, 9.17) is 0 Å². The summed E-state index contributed by atoms with van der Waals surface area (Å²) in [6.07, 6.45) is -4.00. The highest BCUT2D eigenvalue weighted by Gasteiger charge is 2.43. The number of non-ortho nitro benzene ring substituents is 1. The summed E-state index contributed by atoms with van der Waals surface area (Å²) in [6.45, 7) is 1.88. The van der Waals surface area contributed by atoms with E-state index in [2.05, 4.69) is 15.4 Å². The number of ketones is 1. The monoisotopic (exact) mass is 393 g/mol. The van der Waals surface area contributed by atoms with Gasteiger partial charge in [0.25, 0.3) is 11.5 Å². The van der Waals surface area contributed by atoms with E-state index in [9.17, 15) is 28.1 Å². The number of hydrogen-bond acceptors (Lipinski definition) is 6. The number of aromatic nitrogens is 3. The van der Waals surface area contributed by atoms with Gasteiger partial charge in [-0.3, -0.25) is 14.9 Å². The Balaban J connectivity index is 1.88. The van der Waals surface area contributed by atoms with Crippen molar-refractivity contribution in [3.05, 3.63) is 57.0 Å². The lowest BCUT2D eigenvalue weighted by molar-refractivity contribution is -0.384. The number of rotatable bonds is 2. The summed E-state index contributed by atoms with van der Waals surface area (Å²) in [4.78, 5) is 26.6. The fourth-order valence-corrected chi connectivity index (χ4v) is 3.61. The number of hydrogen-bond donors (Lipinski definition) is 1. The van der Waals surface area contributed by atoms with Crippen LogP contribution in [0.2, 0.25) is 0 Å². The third kappa shape index (κ3) is 2.92. The van der Waals surface area contributed by atoms with Crippen molar-refractivity contribution in [3.63, 3.8) is 0 Å². The van der Waals surface area contributed by atoms with Crippen molar-refractivity contribution in [1.29, 1.82) is 0 Å². The minimum absolute atomic E-state index is 0.0350. The third-order valence-electron chi connectivity index (χ3n) is 4.80. The molecule has 0 saturated carbocycles. The van der Waals surface area contributed by atoms with E-state index < -0.39 is 23.0 Å². The molecule has 1 aliphatic heterocycles. The third-order valence-corrected chi connectivity index (χ3v) is 4.80. The van der Waals surface area contributed by atoms with Crippen LogP contribution in [0.25, 0.3) is 0 Å². The second-order valence-corrected chi connectivity index (χ2v) is 6.91. The van der Waals surface area contributed by atoms with Crippen molar-refractivity contribution in [3.8, 4) is 0 Å². The fraction of sp³-hybridized carbons (Fsp3) is 0.353. The summed E-state index contributed by atoms with van der Waals surface area (Å²) in [5, 5.41) is 17.3. The molecule has 0 spiro atoms. The normalized spacial score (nSPS) is 21.8. The molecule has 0 bridgehead atoms. The predicted octanol–water partition coefficient (Wildman–Crippen LogP) is 3.47. The first-order chi connectivity index (χ1) is 13.1. The van der Waals surface area contributed by atoms with Crippen molar-refractivity contribution in [2.75, 3.05) is 5.32 Å². The van der Waals surface area contributed by atoms with E-state index in [-0.39, 0.29) is 29.8 Å². The van der Waals surface area contributed by atoms with Crippen molar-refractivity contribution in [1.82, 2.24) is 14.8 Å². The maximum absolute atomic E-state index is 13.1. The van der Waals surface area contributed by atoms with Gasteiger partial charge in [-0.15, -0.1) is 5.10 Å². The molecule has 1 aromatic carbocycles. The smallest absolute Gasteiger partial charge is 0.328 e. The number of carbonyl (C=O) groups excluding carboxylic acids is 1. The lowest BCUT2D eigenvalue weighted by Crippen LogP contribution is -2.33. The van der Waals surface area contributed by atoms with Crippen LogP contribution in [-0.2, 0) is 11.0 Å². The number of nitrogens with zero attached hydrogens (tertiary/aromatic N) is 4. The van der Waals surface area contributed by atoms with Gasteiger partial charge in [0, 0.05) is 29.8 Å². The summed E-state index contributed by atoms with van der Waals surface area (Å²) in [5.41, 5.74) is 1.09. The summed E-state index contributed by atoms with van der Waals surface area (Å²) >= 11 is 0. The van der Waals surface area contributed by atoms with Gasteiger partial charge >= 0.3 is 6.18 Å². The maximum Gasteiger partial charge on any atom is 0.453 e. The Morgan fingerprint density at radius 2 is 1.93 bits per heavy atom. The van der Waals surface area contributed by atoms with E-state index in [1.807, 2.05) is 6.92 Å². The molecule has 0 unspecified atom stereocenters. The Kier molecular flexibility index (Phi) is 3.98. The van der Waals surface area contributed by atoms with Gasteiger partial charge in [-0.05, 0) is 30.0 Å². The van der Waals surface area contributed by atoms with Gasteiger partial charge in [0.05, 0.1) is 4.92 Å². The van der Waals surface area contributed by atoms with Crippen LogP contribution < -0.4 is 5.32 Å². The zero-order valence-corrected chi connectivity index (χ0v) is 14.5. The molecule has 0 saturated heterocycles. The van der Waals surface area contributed by atoms with Crippen LogP contribution >= 0.6 is 0 Å². The van der Waals surface area contributed by atoms with Gasteiger partial charge in [-0.1, -0.05) is 6.92 Å². The maximum atomic E-state index is 13.1. The first-order valence-electron chi connectivity index (χ1n) is 8.46. The number of fused-ring (bicyclic) bond motifs is 1. The number of nitrogens with one attached hydrogen (secondary N) is 1. The number of nitro groups is 1. The lowest BCUT2D eigenvalue weighted by atomic mass is 9.81. The van der Waals surface area contributed by atoms with Gasteiger partial charge < -0.3 is 5.32 Å². The molecule has 2 aliphatic rings. The van der Waals surface area contributed by atoms with Gasteiger partial charge in [-0.25, -0.2) is 4.68 Å². The standard InChI is InChI=1S/C17H14F3N5O3/c1-8-6-11-13(12(26)7-8)14(9-2-4-10(5-3-9)25(27)28)24-16(21-11)22-15(23-24)17(18,19)20/h2-5,8,14H,6-7H2,1H3,(H,21,22,23)/t8-,14+/m1/s1. The molecule has 2 atom stereocenters. The molecule has 0 radical (unpaired) electrons. The number of nitro benzene ring substituents is 1. The van der Waals surface area contributed by atoms with Crippen LogP contribution in [0.4, 0.5) is 24.8 Å². The molecule has 4 rings (SSSR count). The molecule has 28 heavy (non-hydrogen) atoms. The molecule has 1 N–H and O–H groups in total. The highest BCUT2D eigenvalue weighted by molar-refractivity contribution is 5.99. The topological polar surface area (TPSA) is 103 Å². The van der Waals surface area contributed by atoms with Crippen LogP contribution in [0.5, 0.6) is 0 Å². The van der Waals surface area contributed by atoms with Crippen LogP contribution in [0.1, 0.15) is 37.2 Å². The number of carbonyl (C=O) groups is 1. The Hall–Kier alpha value is -3.24. The number of benzene rings is 1. The number of alkyl halides is 3. The Bertz CT molecular complexity index is 1010. The Morgan fingerprint density at radius 1 is 1.25 bits per heavy atom. The largest absolute Gasteiger partial charge is 0.453 e. The van der Waals surface area contributed by atoms with Gasteiger partial charge in [0.2, 0.25) is 5.95 Å². The zero-order chi connectivity index (χ0) is 20.2. The predicted molar refractivity (Wildman–Crippen MR) is 90.3 cm³/mol. The van der Waals surface area contributed by atoms with Crippen LogP contribution in [-0.4, -0.2) is 25.5 Å². The summed E-state index contributed by atoms with van der Waals surface area (Å²) in [7, 11) is 0. The van der Waals surface area contributed by atoms with Gasteiger partial charge in [-0.2, -0.15) is 18.2 Å². The summed E-state index contributed by atoms with van der Waals surface area (Å²) in [5.74, 6) is -1.59. The number of halogens is 3. The molecule has 0 fully saturated rings. The molecule has 11 heteroatoms. The zero-order valence-electron chi connectivity index (χ0n) is 14.5. The van der Waals surface area contributed by atoms with Crippen molar-refractivity contribution < 1.29 is 22.9 Å². The highest BCUT2D eigenvalue weighted by Crippen LogP contribution is 2.42. The number of anilines is 1. The van der Waals surface area contributed by atoms with E-state index in [0.29, 0.717) is 23.3 Å². The quantitative estimate of drug-likeness (QED) is 0.619. The average Bonchev–Trinajstić information content (AvgIpc) is 3.03. The molecule has 2 heterocycles. The van der Waals surface area contributed by atoms with Crippen LogP contribution in [0, 0.1) is 16.0 Å². The van der Waals surface area contributed by atoms with Crippen LogP contribution in [0.3, 0.4) is 0 Å². The van der Waals surface area contributed by atoms with Crippen molar-refractivity contribution in [2.45, 2.75) is 32.0 Å².